The van der Waals surface area contributed by atoms with Gasteiger partial charge in [-0.3, -0.25) is 28.9 Å². The number of rotatable bonds is 8. The van der Waals surface area contributed by atoms with Crippen molar-refractivity contribution in [2.45, 2.75) is 19.4 Å². The number of amides is 4. The van der Waals surface area contributed by atoms with Crippen molar-refractivity contribution in [2.24, 2.45) is 0 Å². The first-order valence-corrected chi connectivity index (χ1v) is 12.8. The van der Waals surface area contributed by atoms with E-state index in [0.717, 1.165) is 10.5 Å². The van der Waals surface area contributed by atoms with Crippen LogP contribution >= 0.6 is 0 Å². The number of nitrogens with one attached hydrogen (secondary N) is 2. The second-order valence-electron chi connectivity index (χ2n) is 9.34. The molecule has 4 aromatic rings. The molecule has 9 nitrogen and oxygen atoms in total. The highest BCUT2D eigenvalue weighted by Crippen LogP contribution is 2.28. The third kappa shape index (κ3) is 5.89. The number of imide groups is 1. The van der Waals surface area contributed by atoms with Crippen LogP contribution in [0.25, 0.3) is 0 Å². The normalized spacial score (nSPS) is 12.9. The van der Waals surface area contributed by atoms with Crippen LogP contribution in [0.1, 0.15) is 43.6 Å². The minimum atomic E-state index is -1.16. The highest BCUT2D eigenvalue weighted by atomic mass is 16.5. The standard InChI is InChI=1S/C32H25N3O6/c1-20(36)41-23-13-9-12-22(19-23)29(37)33-26-16-7-8-17-27(26)34-30(38)28(18-21-10-3-2-4-11-21)35-31(39)24-14-5-6-15-25(24)32(35)40/h2-17,19,28H,18H2,1H3,(H,33,37)(H,34,38). The van der Waals surface area contributed by atoms with Crippen LogP contribution in [0, 0.1) is 0 Å². The van der Waals surface area contributed by atoms with Gasteiger partial charge in [-0.15, -0.1) is 0 Å². The van der Waals surface area contributed by atoms with Crippen molar-refractivity contribution in [3.05, 3.63) is 125 Å². The number of ether oxygens (including phenoxy) is 1. The van der Waals surface area contributed by atoms with Crippen molar-refractivity contribution in [1.82, 2.24) is 4.90 Å². The fourth-order valence-electron chi connectivity index (χ4n) is 4.61. The van der Waals surface area contributed by atoms with E-state index in [1.165, 1.54) is 13.0 Å². The third-order valence-corrected chi connectivity index (χ3v) is 6.50. The van der Waals surface area contributed by atoms with Gasteiger partial charge in [0.2, 0.25) is 5.91 Å². The Balaban J connectivity index is 1.41. The van der Waals surface area contributed by atoms with Crippen LogP contribution in [0.5, 0.6) is 5.75 Å². The molecule has 0 bridgehead atoms. The van der Waals surface area contributed by atoms with Crippen LogP contribution < -0.4 is 15.4 Å². The molecule has 1 atom stereocenters. The monoisotopic (exact) mass is 547 g/mol. The van der Waals surface area contributed by atoms with Gasteiger partial charge in [0.15, 0.2) is 0 Å². The van der Waals surface area contributed by atoms with Crippen LogP contribution in [0.4, 0.5) is 11.4 Å². The molecule has 2 N–H and O–H groups in total. The number of benzene rings is 4. The number of fused-ring (bicyclic) bond motifs is 1. The van der Waals surface area contributed by atoms with E-state index in [2.05, 4.69) is 10.6 Å². The largest absolute Gasteiger partial charge is 0.427 e. The van der Waals surface area contributed by atoms with Crippen LogP contribution in [0.2, 0.25) is 0 Å². The Bertz CT molecular complexity index is 1630. The van der Waals surface area contributed by atoms with E-state index in [0.29, 0.717) is 5.69 Å². The number of esters is 1. The molecule has 0 saturated carbocycles. The highest BCUT2D eigenvalue weighted by molar-refractivity contribution is 6.23. The molecule has 0 radical (unpaired) electrons. The Morgan fingerprint density at radius 1 is 0.732 bits per heavy atom. The maximum Gasteiger partial charge on any atom is 0.308 e. The Labute approximate surface area is 235 Å². The summed E-state index contributed by atoms with van der Waals surface area (Å²) in [6.45, 7) is 1.26. The topological polar surface area (TPSA) is 122 Å². The lowest BCUT2D eigenvalue weighted by atomic mass is 10.0. The number of para-hydroxylation sites is 2. The van der Waals surface area contributed by atoms with Crippen molar-refractivity contribution >= 4 is 41.0 Å². The van der Waals surface area contributed by atoms with Crippen LogP contribution in [-0.4, -0.2) is 40.5 Å². The smallest absolute Gasteiger partial charge is 0.308 e. The van der Waals surface area contributed by atoms with Gasteiger partial charge in [0.1, 0.15) is 11.8 Å². The zero-order valence-corrected chi connectivity index (χ0v) is 22.0. The molecule has 9 heteroatoms. The highest BCUT2D eigenvalue weighted by Gasteiger charge is 2.42. The third-order valence-electron chi connectivity index (χ3n) is 6.50. The van der Waals surface area contributed by atoms with Crippen molar-refractivity contribution < 1.29 is 28.7 Å². The van der Waals surface area contributed by atoms with Gasteiger partial charge in [-0.2, -0.15) is 0 Å². The SMILES string of the molecule is CC(=O)Oc1cccc(C(=O)Nc2ccccc2NC(=O)C(Cc2ccccc2)N2C(=O)c3ccccc3C2=O)c1. The Hall–Kier alpha value is -5.57. The molecule has 1 aliphatic rings. The molecule has 204 valence electrons. The number of carbonyl (C=O) groups is 5. The van der Waals surface area contributed by atoms with E-state index in [9.17, 15) is 24.0 Å². The summed E-state index contributed by atoms with van der Waals surface area (Å²) in [5, 5.41) is 5.56. The summed E-state index contributed by atoms with van der Waals surface area (Å²) in [5.41, 5.74) is 2.05. The zero-order chi connectivity index (χ0) is 28.9. The molecule has 0 aliphatic carbocycles. The maximum absolute atomic E-state index is 13.8. The van der Waals surface area contributed by atoms with Gasteiger partial charge in [-0.1, -0.05) is 60.7 Å². The first kappa shape index (κ1) is 27.0. The summed E-state index contributed by atoms with van der Waals surface area (Å²) in [4.78, 5) is 65.7. The number of hydrogen-bond donors (Lipinski definition) is 2. The molecular formula is C32H25N3O6. The first-order valence-electron chi connectivity index (χ1n) is 12.8. The molecule has 1 unspecified atom stereocenters. The molecule has 1 aliphatic heterocycles. The Kier molecular flexibility index (Phi) is 7.69. The molecule has 4 aromatic carbocycles. The van der Waals surface area contributed by atoms with E-state index in [-0.39, 0.29) is 34.5 Å². The van der Waals surface area contributed by atoms with E-state index in [4.69, 9.17) is 4.74 Å². The van der Waals surface area contributed by atoms with Gasteiger partial charge >= 0.3 is 5.97 Å². The quantitative estimate of drug-likeness (QED) is 0.187. The number of hydrogen-bond acceptors (Lipinski definition) is 6. The van der Waals surface area contributed by atoms with E-state index in [1.807, 2.05) is 30.3 Å². The molecule has 0 aromatic heterocycles. The fraction of sp³-hybridized carbons (Fsp3) is 0.0938. The molecule has 4 amide bonds. The van der Waals surface area contributed by atoms with Crippen molar-refractivity contribution in [1.29, 1.82) is 0 Å². The minimum Gasteiger partial charge on any atom is -0.427 e. The second kappa shape index (κ2) is 11.7. The zero-order valence-electron chi connectivity index (χ0n) is 22.0. The van der Waals surface area contributed by atoms with Crippen molar-refractivity contribution in [3.63, 3.8) is 0 Å². The van der Waals surface area contributed by atoms with Gasteiger partial charge in [0.25, 0.3) is 17.7 Å². The molecule has 0 spiro atoms. The Morgan fingerprint density at radius 3 is 1.95 bits per heavy atom. The van der Waals surface area contributed by atoms with Gasteiger partial charge in [-0.25, -0.2) is 0 Å². The summed E-state index contributed by atoms with van der Waals surface area (Å²) in [5.74, 6) is -2.48. The molecule has 41 heavy (non-hydrogen) atoms. The van der Waals surface area contributed by atoms with E-state index in [1.54, 1.807) is 66.7 Å². The lowest BCUT2D eigenvalue weighted by molar-refractivity contribution is -0.131. The number of carbonyl (C=O) groups excluding carboxylic acids is 5. The first-order chi connectivity index (χ1) is 19.8. The maximum atomic E-state index is 13.8. The van der Waals surface area contributed by atoms with E-state index < -0.39 is 35.6 Å². The van der Waals surface area contributed by atoms with Crippen molar-refractivity contribution in [3.8, 4) is 5.75 Å². The lowest BCUT2D eigenvalue weighted by Crippen LogP contribution is -2.48. The van der Waals surface area contributed by atoms with Crippen LogP contribution in [-0.2, 0) is 16.0 Å². The average molecular weight is 548 g/mol. The number of nitrogens with zero attached hydrogens (tertiary/aromatic N) is 1. The predicted molar refractivity (Wildman–Crippen MR) is 152 cm³/mol. The van der Waals surface area contributed by atoms with Crippen LogP contribution in [0.15, 0.2) is 103 Å². The van der Waals surface area contributed by atoms with Crippen molar-refractivity contribution in [2.75, 3.05) is 10.6 Å². The lowest BCUT2D eigenvalue weighted by Gasteiger charge is -2.26. The summed E-state index contributed by atoms with van der Waals surface area (Å²) in [6, 6.07) is 27.1. The second-order valence-corrected chi connectivity index (χ2v) is 9.34. The molecule has 1 heterocycles. The minimum absolute atomic E-state index is 0.0929. The molecule has 5 rings (SSSR count). The fourth-order valence-corrected chi connectivity index (χ4v) is 4.61. The van der Waals surface area contributed by atoms with Gasteiger partial charge in [0, 0.05) is 18.9 Å². The van der Waals surface area contributed by atoms with Gasteiger partial charge < -0.3 is 15.4 Å². The summed E-state index contributed by atoms with van der Waals surface area (Å²) in [6.07, 6.45) is 0.0929. The van der Waals surface area contributed by atoms with Crippen LogP contribution in [0.3, 0.4) is 0 Å². The van der Waals surface area contributed by atoms with Gasteiger partial charge in [0.05, 0.1) is 22.5 Å². The molecular weight excluding hydrogens is 522 g/mol. The molecule has 0 saturated heterocycles. The molecule has 0 fully saturated rings. The predicted octanol–water partition coefficient (Wildman–Crippen LogP) is 4.71. The summed E-state index contributed by atoms with van der Waals surface area (Å²) < 4.78 is 5.06. The number of anilines is 2. The summed E-state index contributed by atoms with van der Waals surface area (Å²) in [7, 11) is 0. The average Bonchev–Trinajstić information content (AvgIpc) is 3.22. The van der Waals surface area contributed by atoms with Gasteiger partial charge in [-0.05, 0) is 48.0 Å². The van der Waals surface area contributed by atoms with E-state index >= 15 is 0 Å². The Morgan fingerprint density at radius 2 is 1.32 bits per heavy atom. The summed E-state index contributed by atoms with van der Waals surface area (Å²) >= 11 is 0.